The zero-order valence-electron chi connectivity index (χ0n) is 17.2. The van der Waals surface area contributed by atoms with E-state index in [1.807, 2.05) is 26.8 Å². The fourth-order valence-corrected chi connectivity index (χ4v) is 3.29. The summed E-state index contributed by atoms with van der Waals surface area (Å²) < 4.78 is 6.08. The monoisotopic (exact) mass is 404 g/mol. The van der Waals surface area contributed by atoms with Crippen LogP contribution in [0.4, 0.5) is 5.69 Å². The lowest BCUT2D eigenvalue weighted by Gasteiger charge is -2.19. The van der Waals surface area contributed by atoms with Crippen LogP contribution in [0.2, 0.25) is 0 Å². The number of aromatic carboxylic acids is 1. The second-order valence-electron chi connectivity index (χ2n) is 7.08. The number of hydrogen-bond acceptors (Lipinski definition) is 5. The van der Waals surface area contributed by atoms with Gasteiger partial charge in [-0.25, -0.2) is 4.79 Å². The van der Waals surface area contributed by atoms with E-state index in [2.05, 4.69) is 16.9 Å². The lowest BCUT2D eigenvalue weighted by Crippen LogP contribution is -2.13. The van der Waals surface area contributed by atoms with Gasteiger partial charge in [0, 0.05) is 35.6 Å². The summed E-state index contributed by atoms with van der Waals surface area (Å²) in [5.74, 6) is -0.660. The third-order valence-electron chi connectivity index (χ3n) is 4.74. The largest absolute Gasteiger partial charge is 0.478 e. The van der Waals surface area contributed by atoms with Crippen molar-refractivity contribution in [2.24, 2.45) is 4.99 Å². The molecule has 0 amide bonds. The molecular weight excluding hydrogens is 380 g/mol. The molecule has 0 aliphatic carbocycles. The van der Waals surface area contributed by atoms with Gasteiger partial charge in [-0.15, -0.1) is 0 Å². The molecule has 0 bridgehead atoms. The number of anilines is 1. The fourth-order valence-electron chi connectivity index (χ4n) is 3.29. The summed E-state index contributed by atoms with van der Waals surface area (Å²) in [6.07, 6.45) is 1.59. The molecule has 0 spiro atoms. The summed E-state index contributed by atoms with van der Waals surface area (Å²) in [6, 6.07) is 11.5. The van der Waals surface area contributed by atoms with Gasteiger partial charge in [-0.1, -0.05) is 24.8 Å². The zero-order chi connectivity index (χ0) is 21.8. The summed E-state index contributed by atoms with van der Waals surface area (Å²) in [7, 11) is 0. The van der Waals surface area contributed by atoms with Crippen molar-refractivity contribution in [3.05, 3.63) is 81.7 Å². The van der Waals surface area contributed by atoms with Gasteiger partial charge in [0.05, 0.1) is 17.0 Å². The van der Waals surface area contributed by atoms with Crippen LogP contribution in [0.3, 0.4) is 0 Å². The van der Waals surface area contributed by atoms with Crippen LogP contribution in [0.5, 0.6) is 0 Å². The second kappa shape index (κ2) is 8.78. The molecule has 0 aliphatic heterocycles. The number of carboxylic acid groups (broad SMARTS) is 1. The lowest BCUT2D eigenvalue weighted by molar-refractivity contribution is 0.0698. The maximum atomic E-state index is 12.8. The molecule has 0 radical (unpaired) electrons. The summed E-state index contributed by atoms with van der Waals surface area (Å²) in [4.78, 5) is 28.5. The molecule has 0 saturated heterocycles. The topological polar surface area (TPSA) is 91.9 Å². The molecule has 6 nitrogen and oxygen atoms in total. The highest BCUT2D eigenvalue weighted by Crippen LogP contribution is 2.30. The normalized spacial score (nSPS) is 12.2. The summed E-state index contributed by atoms with van der Waals surface area (Å²) in [6.45, 7) is 10.2. The smallest absolute Gasteiger partial charge is 0.337 e. The minimum atomic E-state index is -1.01. The highest BCUT2D eigenvalue weighted by Gasteiger charge is 2.18. The average molecular weight is 404 g/mol. The van der Waals surface area contributed by atoms with Gasteiger partial charge in [0.1, 0.15) is 11.3 Å². The van der Waals surface area contributed by atoms with Gasteiger partial charge in [-0.3, -0.25) is 9.79 Å². The molecule has 3 aromatic rings. The van der Waals surface area contributed by atoms with Crippen LogP contribution in [0.1, 0.15) is 47.1 Å². The number of para-hydroxylation sites is 1. The number of nitrogens with zero attached hydrogens (tertiary/aromatic N) is 1. The number of aryl methyl sites for hydroxylation is 1. The van der Waals surface area contributed by atoms with Crippen molar-refractivity contribution in [2.45, 2.75) is 26.8 Å². The summed E-state index contributed by atoms with van der Waals surface area (Å²) >= 11 is 0. The predicted octanol–water partition coefficient (Wildman–Crippen LogP) is 5.08. The molecule has 0 aliphatic rings. The van der Waals surface area contributed by atoms with E-state index in [9.17, 15) is 14.7 Å². The number of rotatable bonds is 7. The Morgan fingerprint density at radius 2 is 2.03 bits per heavy atom. The maximum absolute atomic E-state index is 12.8. The van der Waals surface area contributed by atoms with Crippen molar-refractivity contribution in [3.8, 4) is 0 Å². The molecule has 1 aromatic heterocycles. The van der Waals surface area contributed by atoms with Crippen molar-refractivity contribution < 1.29 is 14.3 Å². The Kier molecular flexibility index (Phi) is 6.16. The van der Waals surface area contributed by atoms with E-state index in [1.165, 1.54) is 6.07 Å². The molecular formula is C24H24N2O4. The van der Waals surface area contributed by atoms with Gasteiger partial charge in [-0.2, -0.15) is 0 Å². The number of nitrogens with one attached hydrogen (secondary N) is 1. The number of hydrogen-bond donors (Lipinski definition) is 2. The zero-order valence-corrected chi connectivity index (χ0v) is 17.2. The number of carboxylic acids is 1. The first kappa shape index (κ1) is 21.0. The highest BCUT2D eigenvalue weighted by molar-refractivity contribution is 6.08. The molecule has 30 heavy (non-hydrogen) atoms. The van der Waals surface area contributed by atoms with E-state index in [0.717, 1.165) is 11.1 Å². The number of aliphatic imine (C=N–C) groups is 1. The Bertz CT molecular complexity index is 1210. The summed E-state index contributed by atoms with van der Waals surface area (Å²) in [5, 5.41) is 13.2. The molecule has 154 valence electrons. The summed E-state index contributed by atoms with van der Waals surface area (Å²) in [5.41, 5.74) is 3.12. The third kappa shape index (κ3) is 4.33. The van der Waals surface area contributed by atoms with Crippen molar-refractivity contribution in [3.63, 3.8) is 0 Å². The van der Waals surface area contributed by atoms with Crippen LogP contribution in [-0.4, -0.2) is 23.8 Å². The number of allylic oxidation sites excluding steroid dienone is 1. The third-order valence-corrected chi connectivity index (χ3v) is 4.74. The number of carbonyl (C=O) groups is 1. The van der Waals surface area contributed by atoms with Gasteiger partial charge in [-0.05, 0) is 44.5 Å². The van der Waals surface area contributed by atoms with Gasteiger partial charge in [0.2, 0.25) is 0 Å². The molecule has 1 atom stereocenters. The number of fused-ring (bicyclic) bond motifs is 1. The Morgan fingerprint density at radius 1 is 1.30 bits per heavy atom. The van der Waals surface area contributed by atoms with E-state index >= 15 is 0 Å². The van der Waals surface area contributed by atoms with Gasteiger partial charge in [0.15, 0.2) is 5.43 Å². The van der Waals surface area contributed by atoms with Crippen LogP contribution in [0.25, 0.3) is 16.5 Å². The first-order valence-corrected chi connectivity index (χ1v) is 9.68. The van der Waals surface area contributed by atoms with Crippen LogP contribution in [-0.2, 0) is 0 Å². The minimum absolute atomic E-state index is 0.166. The standard InChI is InChI=1S/C24H24N2O4/c1-5-25-13-15(3)22-12-21(27)19-11-14(2)10-18(23(19)30-22)16(4)26-20-9-7-6-8-17(20)24(28)29/h6-13,16,26H,3,5H2,1-2,4H3,(H,28,29)/b25-13-. The van der Waals surface area contributed by atoms with E-state index in [1.54, 1.807) is 36.5 Å². The van der Waals surface area contributed by atoms with E-state index < -0.39 is 5.97 Å². The van der Waals surface area contributed by atoms with Crippen molar-refractivity contribution in [2.75, 3.05) is 11.9 Å². The molecule has 1 heterocycles. The SMILES string of the molecule is C=C(/C=N\CC)c1cc(=O)c2cc(C)cc(C(C)Nc3ccccc3C(=O)O)c2o1. The highest BCUT2D eigenvalue weighted by atomic mass is 16.4. The Balaban J connectivity index is 2.12. The van der Waals surface area contributed by atoms with Crippen molar-refractivity contribution in [1.82, 2.24) is 0 Å². The Morgan fingerprint density at radius 3 is 2.73 bits per heavy atom. The molecule has 2 N–H and O–H groups in total. The van der Waals surface area contributed by atoms with E-state index in [4.69, 9.17) is 4.42 Å². The quantitative estimate of drug-likeness (QED) is 0.536. The van der Waals surface area contributed by atoms with Crippen LogP contribution in [0, 0.1) is 6.92 Å². The molecule has 2 aromatic carbocycles. The van der Waals surface area contributed by atoms with Crippen molar-refractivity contribution in [1.29, 1.82) is 0 Å². The molecule has 1 unspecified atom stereocenters. The molecule has 0 saturated carbocycles. The predicted molar refractivity (Wildman–Crippen MR) is 121 cm³/mol. The fraction of sp³-hybridized carbons (Fsp3) is 0.208. The average Bonchev–Trinajstić information content (AvgIpc) is 2.72. The van der Waals surface area contributed by atoms with E-state index in [0.29, 0.717) is 34.5 Å². The van der Waals surface area contributed by atoms with Gasteiger partial charge >= 0.3 is 5.97 Å². The molecule has 6 heteroatoms. The van der Waals surface area contributed by atoms with Crippen molar-refractivity contribution >= 4 is 34.4 Å². The minimum Gasteiger partial charge on any atom is -0.478 e. The van der Waals surface area contributed by atoms with Gasteiger partial charge < -0.3 is 14.8 Å². The Hall–Kier alpha value is -3.67. The first-order valence-electron chi connectivity index (χ1n) is 9.68. The molecule has 3 rings (SSSR count). The van der Waals surface area contributed by atoms with Crippen LogP contribution >= 0.6 is 0 Å². The first-order chi connectivity index (χ1) is 14.3. The molecule has 0 fully saturated rings. The lowest BCUT2D eigenvalue weighted by atomic mass is 10.00. The Labute approximate surface area is 174 Å². The number of benzene rings is 2. The van der Waals surface area contributed by atoms with E-state index in [-0.39, 0.29) is 17.0 Å². The second-order valence-corrected chi connectivity index (χ2v) is 7.08. The van der Waals surface area contributed by atoms with Gasteiger partial charge in [0.25, 0.3) is 0 Å². The van der Waals surface area contributed by atoms with Crippen LogP contribution in [0.15, 0.2) is 63.2 Å². The van der Waals surface area contributed by atoms with Crippen LogP contribution < -0.4 is 10.7 Å². The maximum Gasteiger partial charge on any atom is 0.337 e.